The summed E-state index contributed by atoms with van der Waals surface area (Å²) in [5.74, 6) is -0.867. The van der Waals surface area contributed by atoms with Gasteiger partial charge in [-0.05, 0) is 39.5 Å². The van der Waals surface area contributed by atoms with Gasteiger partial charge in [0.05, 0.1) is 24.7 Å². The SMILES string of the molecule is C[C@H](Cn1cnc2c(N)ncnc21)OCP(=O)(N[C@@H](C)C(=O)O)ON=C1CCCCC1. The van der Waals surface area contributed by atoms with Crippen LogP contribution in [0.4, 0.5) is 5.82 Å². The molecule has 4 N–H and O–H groups in total. The van der Waals surface area contributed by atoms with Gasteiger partial charge in [0.25, 0.3) is 0 Å². The molecule has 1 unspecified atom stereocenters. The normalized spacial score (nSPS) is 18.3. The summed E-state index contributed by atoms with van der Waals surface area (Å²) in [4.78, 5) is 23.5. The Kier molecular flexibility index (Phi) is 7.58. The number of fused-ring (bicyclic) bond motifs is 1. The van der Waals surface area contributed by atoms with Crippen LogP contribution in [0.3, 0.4) is 0 Å². The van der Waals surface area contributed by atoms with Crippen molar-refractivity contribution in [3.8, 4) is 0 Å². The molecule has 0 radical (unpaired) electrons. The number of nitrogens with one attached hydrogen (secondary N) is 1. The van der Waals surface area contributed by atoms with Crippen LogP contribution in [-0.2, 0) is 25.3 Å². The Morgan fingerprint density at radius 1 is 1.32 bits per heavy atom. The Bertz CT molecular complexity index is 987. The molecule has 3 rings (SSSR count). The van der Waals surface area contributed by atoms with Crippen molar-refractivity contribution in [2.75, 3.05) is 12.1 Å². The number of nitrogens with zero attached hydrogens (tertiary/aromatic N) is 5. The summed E-state index contributed by atoms with van der Waals surface area (Å²) in [6.45, 7) is 3.53. The molecule has 0 amide bonds. The minimum absolute atomic E-state index is 0.281. The second-order valence-electron chi connectivity index (χ2n) is 7.60. The summed E-state index contributed by atoms with van der Waals surface area (Å²) in [5.41, 5.74) is 7.68. The van der Waals surface area contributed by atoms with E-state index in [0.29, 0.717) is 17.7 Å². The molecule has 2 heterocycles. The first-order valence-corrected chi connectivity index (χ1v) is 12.0. The van der Waals surface area contributed by atoms with Gasteiger partial charge in [-0.1, -0.05) is 11.6 Å². The first kappa shape index (κ1) is 23.1. The number of rotatable bonds is 10. The summed E-state index contributed by atoms with van der Waals surface area (Å²) >= 11 is 0. The zero-order valence-electron chi connectivity index (χ0n) is 17.6. The highest BCUT2D eigenvalue weighted by atomic mass is 31.2. The predicted molar refractivity (Wildman–Crippen MR) is 115 cm³/mol. The fraction of sp³-hybridized carbons (Fsp3) is 0.611. The number of carbonyl (C=O) groups is 1. The van der Waals surface area contributed by atoms with Gasteiger partial charge in [0.1, 0.15) is 24.2 Å². The Labute approximate surface area is 179 Å². The highest BCUT2D eigenvalue weighted by Gasteiger charge is 2.31. The first-order chi connectivity index (χ1) is 14.8. The van der Waals surface area contributed by atoms with E-state index < -0.39 is 25.6 Å². The standard InChI is InChI=1S/C18H28N7O5P/c1-12(8-25-10-22-15-16(19)20-9-21-17(15)25)29-11-31(28,24-13(2)18(26)27)30-23-14-6-4-3-5-7-14/h9-10,12-13H,3-8,11H2,1-2H3,(H,24,28)(H,26,27)(H2,19,20,21)/t12-,13+,31?/m1/s1. The van der Waals surface area contributed by atoms with Crippen LogP contribution in [0.5, 0.6) is 0 Å². The molecule has 0 spiro atoms. The number of aromatic nitrogens is 4. The Balaban J connectivity index is 1.65. The summed E-state index contributed by atoms with van der Waals surface area (Å²) in [7, 11) is -3.71. The van der Waals surface area contributed by atoms with Crippen molar-refractivity contribution in [2.24, 2.45) is 5.16 Å². The number of carboxylic acid groups (broad SMARTS) is 1. The lowest BCUT2D eigenvalue weighted by Gasteiger charge is -2.22. The Morgan fingerprint density at radius 3 is 2.77 bits per heavy atom. The van der Waals surface area contributed by atoms with E-state index in [-0.39, 0.29) is 12.2 Å². The van der Waals surface area contributed by atoms with Crippen molar-refractivity contribution in [1.29, 1.82) is 0 Å². The lowest BCUT2D eigenvalue weighted by molar-refractivity contribution is -0.138. The lowest BCUT2D eigenvalue weighted by atomic mass is 9.99. The minimum atomic E-state index is -3.71. The van der Waals surface area contributed by atoms with Crippen molar-refractivity contribution >= 4 is 36.2 Å². The number of oxime groups is 1. The molecule has 0 bridgehead atoms. The zero-order valence-corrected chi connectivity index (χ0v) is 18.5. The summed E-state index contributed by atoms with van der Waals surface area (Å²) in [6, 6.07) is -1.09. The highest BCUT2D eigenvalue weighted by molar-refractivity contribution is 7.56. The fourth-order valence-corrected chi connectivity index (χ4v) is 4.76. The number of anilines is 1. The van der Waals surface area contributed by atoms with E-state index in [1.807, 2.05) is 0 Å². The maximum absolute atomic E-state index is 13.2. The molecule has 2 aromatic rings. The number of aliphatic carboxylic acids is 1. The van der Waals surface area contributed by atoms with Crippen molar-refractivity contribution < 1.29 is 23.8 Å². The van der Waals surface area contributed by atoms with Crippen LogP contribution in [0, 0.1) is 0 Å². The molecule has 3 atom stereocenters. The third-order valence-corrected chi connectivity index (χ3v) is 6.52. The van der Waals surface area contributed by atoms with Gasteiger partial charge in [-0.15, -0.1) is 0 Å². The smallest absolute Gasteiger partial charge is 0.364 e. The lowest BCUT2D eigenvalue weighted by Crippen LogP contribution is -2.33. The Hall–Kier alpha value is -2.56. The van der Waals surface area contributed by atoms with Crippen LogP contribution in [0.15, 0.2) is 17.8 Å². The number of nitrogens with two attached hydrogens (primary N) is 1. The number of nitrogen functional groups attached to an aromatic ring is 1. The number of hydrogen-bond donors (Lipinski definition) is 3. The molecule has 31 heavy (non-hydrogen) atoms. The maximum Gasteiger partial charge on any atom is 0.364 e. The first-order valence-electron chi connectivity index (χ1n) is 10.1. The minimum Gasteiger partial charge on any atom is -0.480 e. The summed E-state index contributed by atoms with van der Waals surface area (Å²) < 4.78 is 26.1. The second kappa shape index (κ2) is 10.2. The van der Waals surface area contributed by atoms with Crippen LogP contribution in [0.25, 0.3) is 11.2 Å². The number of hydrogen-bond acceptors (Lipinski definition) is 9. The van der Waals surface area contributed by atoms with Gasteiger partial charge < -0.3 is 24.8 Å². The van der Waals surface area contributed by atoms with Crippen LogP contribution in [-0.4, -0.2) is 54.8 Å². The van der Waals surface area contributed by atoms with E-state index in [0.717, 1.165) is 37.8 Å². The third-order valence-electron chi connectivity index (χ3n) is 4.91. The molecule has 1 aliphatic rings. The number of carboxylic acids is 1. The zero-order chi connectivity index (χ0) is 22.4. The molecule has 0 aliphatic heterocycles. The van der Waals surface area contributed by atoms with Crippen LogP contribution < -0.4 is 10.8 Å². The molecule has 2 aromatic heterocycles. The molecule has 0 aromatic carbocycles. The Morgan fingerprint density at radius 2 is 2.06 bits per heavy atom. The van der Waals surface area contributed by atoms with E-state index in [9.17, 15) is 14.5 Å². The van der Waals surface area contributed by atoms with Crippen molar-refractivity contribution in [3.63, 3.8) is 0 Å². The van der Waals surface area contributed by atoms with Gasteiger partial charge in [-0.3, -0.25) is 9.36 Å². The van der Waals surface area contributed by atoms with Gasteiger partial charge in [-0.25, -0.2) is 20.0 Å². The monoisotopic (exact) mass is 453 g/mol. The van der Waals surface area contributed by atoms with E-state index >= 15 is 0 Å². The molecule has 13 heteroatoms. The van der Waals surface area contributed by atoms with Crippen molar-refractivity contribution in [1.82, 2.24) is 24.6 Å². The van der Waals surface area contributed by atoms with Gasteiger partial charge in [-0.2, -0.15) is 0 Å². The van der Waals surface area contributed by atoms with Gasteiger partial charge in [0.15, 0.2) is 11.5 Å². The number of ether oxygens (including phenoxy) is 1. The van der Waals surface area contributed by atoms with Gasteiger partial charge in [0, 0.05) is 0 Å². The van der Waals surface area contributed by atoms with Crippen molar-refractivity contribution in [3.05, 3.63) is 12.7 Å². The molecular formula is C18H28N7O5P. The van der Waals surface area contributed by atoms with E-state index in [1.165, 1.54) is 13.3 Å². The molecule has 170 valence electrons. The molecule has 1 saturated carbocycles. The van der Waals surface area contributed by atoms with E-state index in [4.69, 9.17) is 15.1 Å². The van der Waals surface area contributed by atoms with Crippen LogP contribution in [0.2, 0.25) is 0 Å². The molecule has 0 saturated heterocycles. The molecule has 12 nitrogen and oxygen atoms in total. The molecule has 1 aliphatic carbocycles. The topological polar surface area (TPSA) is 167 Å². The quantitative estimate of drug-likeness (QED) is 0.359. The average molecular weight is 453 g/mol. The average Bonchev–Trinajstić information content (AvgIpc) is 3.16. The molecular weight excluding hydrogens is 425 g/mol. The third kappa shape index (κ3) is 6.22. The van der Waals surface area contributed by atoms with Gasteiger partial charge >= 0.3 is 13.5 Å². The maximum atomic E-state index is 13.2. The second-order valence-corrected chi connectivity index (χ2v) is 9.62. The highest BCUT2D eigenvalue weighted by Crippen LogP contribution is 2.44. The number of imidazole rings is 1. The molecule has 1 fully saturated rings. The van der Waals surface area contributed by atoms with E-state index in [2.05, 4.69) is 25.2 Å². The van der Waals surface area contributed by atoms with Crippen molar-refractivity contribution in [2.45, 2.75) is 64.6 Å². The summed E-state index contributed by atoms with van der Waals surface area (Å²) in [5, 5.41) is 15.8. The largest absolute Gasteiger partial charge is 0.480 e. The fourth-order valence-electron chi connectivity index (χ4n) is 3.20. The van der Waals surface area contributed by atoms with Gasteiger partial charge in [0.2, 0.25) is 0 Å². The van der Waals surface area contributed by atoms with Crippen LogP contribution >= 0.6 is 7.52 Å². The van der Waals surface area contributed by atoms with E-state index in [1.54, 1.807) is 17.8 Å². The predicted octanol–water partition coefficient (Wildman–Crippen LogP) is 2.36. The van der Waals surface area contributed by atoms with Crippen LogP contribution in [0.1, 0.15) is 46.0 Å². The summed E-state index contributed by atoms with van der Waals surface area (Å²) in [6.07, 6.45) is 6.88.